The number of aromatic nitrogens is 2. The van der Waals surface area contributed by atoms with E-state index in [-0.39, 0.29) is 5.56 Å². The standard InChI is InChI=1S/C17H20N2O7/c20-7-11-12(21)13(22)14(23)17(26-11)25-10-5-6-19-15(10)18-9-4-2-1-3-8(9)16(19)24/h1-4,10-14,17,20-23H,5-7H2/t10-,11+,12+,13-,14+,17+/m0/s1. The summed E-state index contributed by atoms with van der Waals surface area (Å²) in [5.41, 5.74) is 0.388. The Labute approximate surface area is 148 Å². The normalized spacial score (nSPS) is 34.2. The van der Waals surface area contributed by atoms with Crippen LogP contribution in [0, 0.1) is 0 Å². The number of para-hydroxylation sites is 1. The van der Waals surface area contributed by atoms with Crippen molar-refractivity contribution in [2.24, 2.45) is 0 Å². The molecule has 9 nitrogen and oxygen atoms in total. The van der Waals surface area contributed by atoms with Crippen LogP contribution in [0.4, 0.5) is 0 Å². The lowest BCUT2D eigenvalue weighted by molar-refractivity contribution is -0.312. The van der Waals surface area contributed by atoms with E-state index < -0.39 is 43.4 Å². The molecule has 0 aliphatic carbocycles. The van der Waals surface area contributed by atoms with Gasteiger partial charge < -0.3 is 29.9 Å². The summed E-state index contributed by atoms with van der Waals surface area (Å²) >= 11 is 0. The molecule has 0 bridgehead atoms. The van der Waals surface area contributed by atoms with Gasteiger partial charge >= 0.3 is 0 Å². The lowest BCUT2D eigenvalue weighted by atomic mass is 9.99. The van der Waals surface area contributed by atoms with Crippen LogP contribution in [0.15, 0.2) is 29.1 Å². The van der Waals surface area contributed by atoms with Gasteiger partial charge in [-0.05, 0) is 18.6 Å². The number of fused-ring (bicyclic) bond motifs is 2. The summed E-state index contributed by atoms with van der Waals surface area (Å²) < 4.78 is 12.7. The SMILES string of the molecule is O=c1c2ccccc2nc2n1CC[C@@H]2O[C@@H]1O[C@H](CO)[C@@H](O)[C@H](O)[C@H]1O. The molecule has 2 aliphatic heterocycles. The van der Waals surface area contributed by atoms with Gasteiger partial charge in [0.05, 0.1) is 17.5 Å². The Morgan fingerprint density at radius 3 is 2.73 bits per heavy atom. The minimum Gasteiger partial charge on any atom is -0.394 e. The quantitative estimate of drug-likeness (QED) is 0.526. The van der Waals surface area contributed by atoms with Crippen molar-refractivity contribution in [1.29, 1.82) is 0 Å². The lowest BCUT2D eigenvalue weighted by Gasteiger charge is -2.40. The second kappa shape index (κ2) is 6.69. The fourth-order valence-corrected chi connectivity index (χ4v) is 3.49. The maximum Gasteiger partial charge on any atom is 0.261 e. The molecule has 2 aromatic rings. The monoisotopic (exact) mass is 364 g/mol. The Balaban J connectivity index is 1.63. The third-order valence-corrected chi connectivity index (χ3v) is 4.94. The lowest BCUT2D eigenvalue weighted by Crippen LogP contribution is -2.59. The van der Waals surface area contributed by atoms with Crippen molar-refractivity contribution >= 4 is 10.9 Å². The predicted molar refractivity (Wildman–Crippen MR) is 88.2 cm³/mol. The van der Waals surface area contributed by atoms with Crippen molar-refractivity contribution in [2.45, 2.75) is 49.8 Å². The second-order valence-electron chi connectivity index (χ2n) is 6.55. The molecule has 4 rings (SSSR count). The van der Waals surface area contributed by atoms with E-state index in [1.807, 2.05) is 0 Å². The Hall–Kier alpha value is -1.88. The zero-order valence-corrected chi connectivity index (χ0v) is 13.8. The third kappa shape index (κ3) is 2.73. The first kappa shape index (κ1) is 17.5. The minimum atomic E-state index is -1.51. The second-order valence-corrected chi connectivity index (χ2v) is 6.55. The van der Waals surface area contributed by atoms with E-state index in [4.69, 9.17) is 9.47 Å². The minimum absolute atomic E-state index is 0.162. The molecule has 0 unspecified atom stereocenters. The van der Waals surface area contributed by atoms with E-state index in [9.17, 15) is 25.2 Å². The molecule has 1 saturated heterocycles. The van der Waals surface area contributed by atoms with Gasteiger partial charge in [-0.2, -0.15) is 0 Å². The highest BCUT2D eigenvalue weighted by Crippen LogP contribution is 2.32. The van der Waals surface area contributed by atoms with E-state index in [0.29, 0.717) is 29.7 Å². The Kier molecular flexibility index (Phi) is 4.51. The first-order valence-electron chi connectivity index (χ1n) is 8.46. The van der Waals surface area contributed by atoms with Crippen LogP contribution in [-0.2, 0) is 16.0 Å². The van der Waals surface area contributed by atoms with Gasteiger partial charge in [0, 0.05) is 6.54 Å². The number of hydrogen-bond acceptors (Lipinski definition) is 8. The third-order valence-electron chi connectivity index (χ3n) is 4.94. The van der Waals surface area contributed by atoms with Gasteiger partial charge in [0.2, 0.25) is 0 Å². The van der Waals surface area contributed by atoms with Crippen LogP contribution in [-0.4, -0.2) is 67.3 Å². The smallest absolute Gasteiger partial charge is 0.261 e. The van der Waals surface area contributed by atoms with Crippen LogP contribution in [0.2, 0.25) is 0 Å². The van der Waals surface area contributed by atoms with Crippen LogP contribution >= 0.6 is 0 Å². The molecule has 0 amide bonds. The van der Waals surface area contributed by atoms with Gasteiger partial charge in [-0.15, -0.1) is 0 Å². The van der Waals surface area contributed by atoms with E-state index in [2.05, 4.69) is 4.98 Å². The van der Waals surface area contributed by atoms with Crippen LogP contribution in [0.1, 0.15) is 18.3 Å². The van der Waals surface area contributed by atoms with Crippen molar-refractivity contribution < 1.29 is 29.9 Å². The summed E-state index contributed by atoms with van der Waals surface area (Å²) in [6.07, 6.45) is -6.93. The number of ether oxygens (including phenoxy) is 2. The fraction of sp³-hybridized carbons (Fsp3) is 0.529. The van der Waals surface area contributed by atoms with Gasteiger partial charge in [0.1, 0.15) is 36.3 Å². The molecule has 2 aliphatic rings. The van der Waals surface area contributed by atoms with Gasteiger partial charge in [0.25, 0.3) is 5.56 Å². The number of hydrogen-bond donors (Lipinski definition) is 4. The molecule has 3 heterocycles. The summed E-state index contributed by atoms with van der Waals surface area (Å²) in [5.74, 6) is 0.422. The van der Waals surface area contributed by atoms with Crippen molar-refractivity contribution in [1.82, 2.24) is 9.55 Å². The molecule has 1 aromatic carbocycles. The molecular weight excluding hydrogens is 344 g/mol. The Morgan fingerprint density at radius 2 is 1.96 bits per heavy atom. The highest BCUT2D eigenvalue weighted by molar-refractivity contribution is 5.77. The summed E-state index contributed by atoms with van der Waals surface area (Å²) in [7, 11) is 0. The number of aliphatic hydroxyl groups is 4. The van der Waals surface area contributed by atoms with E-state index in [1.165, 1.54) is 4.57 Å². The van der Waals surface area contributed by atoms with E-state index >= 15 is 0 Å². The maximum absolute atomic E-state index is 12.6. The van der Waals surface area contributed by atoms with Crippen LogP contribution < -0.4 is 5.56 Å². The molecule has 0 spiro atoms. The maximum atomic E-state index is 12.6. The number of rotatable bonds is 3. The molecule has 4 N–H and O–H groups in total. The van der Waals surface area contributed by atoms with Crippen LogP contribution in [0.5, 0.6) is 0 Å². The number of nitrogens with zero attached hydrogens (tertiary/aromatic N) is 2. The molecule has 26 heavy (non-hydrogen) atoms. The van der Waals surface area contributed by atoms with Crippen molar-refractivity contribution in [3.8, 4) is 0 Å². The van der Waals surface area contributed by atoms with Crippen molar-refractivity contribution in [2.75, 3.05) is 6.61 Å². The van der Waals surface area contributed by atoms with E-state index in [1.54, 1.807) is 24.3 Å². The Morgan fingerprint density at radius 1 is 1.19 bits per heavy atom. The highest BCUT2D eigenvalue weighted by atomic mass is 16.7. The molecule has 1 fully saturated rings. The summed E-state index contributed by atoms with van der Waals surface area (Å²) in [6, 6.07) is 7.01. The zero-order chi connectivity index (χ0) is 18.4. The molecule has 6 atom stereocenters. The summed E-state index contributed by atoms with van der Waals surface area (Å²) in [6.45, 7) is -0.123. The summed E-state index contributed by atoms with van der Waals surface area (Å²) in [4.78, 5) is 17.1. The first-order chi connectivity index (χ1) is 12.5. The largest absolute Gasteiger partial charge is 0.394 e. The molecule has 9 heteroatoms. The fourth-order valence-electron chi connectivity index (χ4n) is 3.49. The van der Waals surface area contributed by atoms with Gasteiger partial charge in [-0.25, -0.2) is 4.98 Å². The number of benzene rings is 1. The molecule has 0 radical (unpaired) electrons. The average Bonchev–Trinajstić information content (AvgIpc) is 3.05. The number of aliphatic hydroxyl groups excluding tert-OH is 4. The molecule has 140 valence electrons. The average molecular weight is 364 g/mol. The Bertz CT molecular complexity index is 868. The predicted octanol–water partition coefficient (Wildman–Crippen LogP) is -1.34. The van der Waals surface area contributed by atoms with Crippen molar-refractivity contribution in [3.63, 3.8) is 0 Å². The first-order valence-corrected chi connectivity index (χ1v) is 8.46. The zero-order valence-electron chi connectivity index (χ0n) is 13.8. The van der Waals surface area contributed by atoms with Crippen LogP contribution in [0.3, 0.4) is 0 Å². The molecular formula is C17H20N2O7. The van der Waals surface area contributed by atoms with E-state index in [0.717, 1.165) is 0 Å². The summed E-state index contributed by atoms with van der Waals surface area (Å²) in [5, 5.41) is 39.6. The molecule has 1 aromatic heterocycles. The highest BCUT2D eigenvalue weighted by Gasteiger charge is 2.45. The van der Waals surface area contributed by atoms with Gasteiger partial charge in [-0.1, -0.05) is 12.1 Å². The topological polar surface area (TPSA) is 134 Å². The van der Waals surface area contributed by atoms with Crippen LogP contribution in [0.25, 0.3) is 10.9 Å². The van der Waals surface area contributed by atoms with Gasteiger partial charge in [0.15, 0.2) is 6.29 Å². The van der Waals surface area contributed by atoms with Gasteiger partial charge in [-0.3, -0.25) is 9.36 Å². The van der Waals surface area contributed by atoms with Crippen molar-refractivity contribution in [3.05, 3.63) is 40.4 Å². The molecule has 0 saturated carbocycles.